The van der Waals surface area contributed by atoms with Gasteiger partial charge in [-0.05, 0) is 42.0 Å². The summed E-state index contributed by atoms with van der Waals surface area (Å²) in [5.41, 5.74) is 15.1. The number of carbonyl (C=O) groups is 1. The number of hydrogen-bond donors (Lipinski definition) is 2. The van der Waals surface area contributed by atoms with E-state index in [0.717, 1.165) is 33.8 Å². The molecule has 3 N–H and O–H groups in total. The number of hydrazone groups is 1. The van der Waals surface area contributed by atoms with Gasteiger partial charge in [0.15, 0.2) is 0 Å². The summed E-state index contributed by atoms with van der Waals surface area (Å²) in [5.74, 6) is -0.317. The molecule has 0 spiro atoms. The second kappa shape index (κ2) is 9.89. The summed E-state index contributed by atoms with van der Waals surface area (Å²) in [6.45, 7) is 0. The quantitative estimate of drug-likeness (QED) is 0.199. The van der Waals surface area contributed by atoms with E-state index in [-0.39, 0.29) is 5.91 Å². The van der Waals surface area contributed by atoms with Crippen LogP contribution in [-0.2, 0) is 0 Å². The first-order valence-electron chi connectivity index (χ1n) is 11.2. The van der Waals surface area contributed by atoms with Crippen LogP contribution in [0.1, 0.15) is 15.9 Å². The van der Waals surface area contributed by atoms with Gasteiger partial charge >= 0.3 is 0 Å². The van der Waals surface area contributed by atoms with Gasteiger partial charge in [0, 0.05) is 22.4 Å². The van der Waals surface area contributed by atoms with Gasteiger partial charge in [-0.2, -0.15) is 10.2 Å². The maximum absolute atomic E-state index is 12.2. The van der Waals surface area contributed by atoms with Gasteiger partial charge in [-0.15, -0.1) is 0 Å². The molecule has 0 aliphatic heterocycles. The highest BCUT2D eigenvalue weighted by molar-refractivity contribution is 5.95. The third kappa shape index (κ3) is 5.02. The molecule has 1 aromatic heterocycles. The van der Waals surface area contributed by atoms with Crippen LogP contribution in [0.5, 0.6) is 0 Å². The van der Waals surface area contributed by atoms with Crippen LogP contribution < -0.4 is 11.2 Å². The van der Waals surface area contributed by atoms with E-state index in [4.69, 9.17) is 10.8 Å². The molecule has 0 aliphatic carbocycles. The van der Waals surface area contributed by atoms with E-state index in [9.17, 15) is 4.79 Å². The molecule has 1 heterocycles. The highest BCUT2D eigenvalue weighted by Crippen LogP contribution is 2.28. The number of hydrogen-bond acceptors (Lipinski definition) is 4. The first-order valence-corrected chi connectivity index (χ1v) is 11.2. The number of carbonyl (C=O) groups excluding carboxylic acids is 1. The molecule has 35 heavy (non-hydrogen) atoms. The van der Waals surface area contributed by atoms with Crippen LogP contribution in [0.3, 0.4) is 0 Å². The van der Waals surface area contributed by atoms with E-state index in [1.807, 2.05) is 65.3 Å². The Morgan fingerprint density at radius 2 is 1.49 bits per heavy atom. The maximum Gasteiger partial charge on any atom is 0.271 e. The number of aromatic nitrogens is 2. The van der Waals surface area contributed by atoms with Gasteiger partial charge in [0.05, 0.1) is 23.3 Å². The van der Waals surface area contributed by atoms with Crippen molar-refractivity contribution in [3.8, 4) is 28.2 Å². The van der Waals surface area contributed by atoms with Gasteiger partial charge in [-0.3, -0.25) is 4.79 Å². The fraction of sp³-hybridized carbons (Fsp3) is 0. The molecular weight excluding hydrogens is 434 g/mol. The summed E-state index contributed by atoms with van der Waals surface area (Å²) < 4.78 is 1.94. The Kier molecular flexibility index (Phi) is 6.17. The van der Waals surface area contributed by atoms with Crippen molar-refractivity contribution < 1.29 is 4.79 Å². The van der Waals surface area contributed by atoms with Crippen LogP contribution in [0.25, 0.3) is 28.2 Å². The molecule has 0 saturated heterocycles. The van der Waals surface area contributed by atoms with Crippen LogP contribution in [0.4, 0.5) is 5.69 Å². The highest BCUT2D eigenvalue weighted by Gasteiger charge is 2.13. The minimum absolute atomic E-state index is 0.317. The summed E-state index contributed by atoms with van der Waals surface area (Å²) >= 11 is 0. The van der Waals surface area contributed by atoms with Gasteiger partial charge < -0.3 is 5.73 Å². The second-order valence-electron chi connectivity index (χ2n) is 7.97. The topological polar surface area (TPSA) is 85.3 Å². The number of nitrogens with one attached hydrogen (secondary N) is 1. The van der Waals surface area contributed by atoms with Crippen molar-refractivity contribution in [2.45, 2.75) is 0 Å². The molecule has 4 aromatic carbocycles. The number of nitrogen functional groups attached to an aromatic ring is 1. The summed E-state index contributed by atoms with van der Waals surface area (Å²) in [6, 6.07) is 37.0. The molecule has 170 valence electrons. The van der Waals surface area contributed by atoms with Crippen molar-refractivity contribution in [2.24, 2.45) is 5.10 Å². The predicted octanol–water partition coefficient (Wildman–Crippen LogP) is 5.55. The molecule has 5 rings (SSSR count). The minimum atomic E-state index is -0.317. The number of nitrogens with two attached hydrogens (primary N) is 1. The average molecular weight is 458 g/mol. The lowest BCUT2D eigenvalue weighted by Gasteiger charge is -2.08. The fourth-order valence-corrected chi connectivity index (χ4v) is 3.75. The Labute approximate surface area is 203 Å². The highest BCUT2D eigenvalue weighted by atomic mass is 16.2. The average Bonchev–Trinajstić information content (AvgIpc) is 3.36. The number of amides is 1. The van der Waals surface area contributed by atoms with E-state index in [1.54, 1.807) is 30.5 Å². The van der Waals surface area contributed by atoms with E-state index in [2.05, 4.69) is 40.9 Å². The number of nitrogens with zero attached hydrogens (tertiary/aromatic N) is 3. The van der Waals surface area contributed by atoms with E-state index in [0.29, 0.717) is 11.3 Å². The molecule has 6 nitrogen and oxygen atoms in total. The Bertz CT molecular complexity index is 1470. The molecule has 0 bridgehead atoms. The molecule has 0 aliphatic rings. The summed E-state index contributed by atoms with van der Waals surface area (Å²) in [4.78, 5) is 12.2. The van der Waals surface area contributed by atoms with Crippen LogP contribution in [0, 0.1) is 0 Å². The lowest BCUT2D eigenvalue weighted by atomic mass is 10.1. The molecule has 0 atom stereocenters. The molecular formula is C29H23N5O. The lowest BCUT2D eigenvalue weighted by molar-refractivity contribution is 0.0955. The first kappa shape index (κ1) is 21.9. The smallest absolute Gasteiger partial charge is 0.271 e. The van der Waals surface area contributed by atoms with Crippen LogP contribution >= 0.6 is 0 Å². The number of rotatable bonds is 6. The fourth-order valence-electron chi connectivity index (χ4n) is 3.75. The monoisotopic (exact) mass is 457 g/mol. The van der Waals surface area contributed by atoms with Gasteiger partial charge in [-0.25, -0.2) is 10.1 Å². The maximum atomic E-state index is 12.2. The number of benzene rings is 4. The third-order valence-corrected chi connectivity index (χ3v) is 5.51. The van der Waals surface area contributed by atoms with E-state index >= 15 is 0 Å². The first-order chi connectivity index (χ1) is 17.2. The normalized spacial score (nSPS) is 11.0. The van der Waals surface area contributed by atoms with Gasteiger partial charge in [0.1, 0.15) is 0 Å². The van der Waals surface area contributed by atoms with Crippen LogP contribution in [0.2, 0.25) is 0 Å². The van der Waals surface area contributed by atoms with E-state index in [1.165, 1.54) is 0 Å². The predicted molar refractivity (Wildman–Crippen MR) is 140 cm³/mol. The van der Waals surface area contributed by atoms with Crippen molar-refractivity contribution in [1.82, 2.24) is 15.2 Å². The Morgan fingerprint density at radius 3 is 2.17 bits per heavy atom. The lowest BCUT2D eigenvalue weighted by Crippen LogP contribution is -2.17. The molecule has 5 aromatic rings. The van der Waals surface area contributed by atoms with Crippen molar-refractivity contribution in [1.29, 1.82) is 0 Å². The molecule has 1 amide bonds. The molecule has 0 saturated carbocycles. The van der Waals surface area contributed by atoms with Crippen molar-refractivity contribution in [3.63, 3.8) is 0 Å². The van der Waals surface area contributed by atoms with Crippen LogP contribution in [-0.4, -0.2) is 21.9 Å². The van der Waals surface area contributed by atoms with Gasteiger partial charge in [-0.1, -0.05) is 78.9 Å². The molecule has 0 fully saturated rings. The summed E-state index contributed by atoms with van der Waals surface area (Å²) in [7, 11) is 0. The summed E-state index contributed by atoms with van der Waals surface area (Å²) in [6.07, 6.45) is 1.60. The number of anilines is 1. The SMILES string of the molecule is Nc1cccc(C(=O)N/N=C\c2ccc(-n3nc(-c4ccccc4)cc3-c3ccccc3)cc2)c1. The van der Waals surface area contributed by atoms with Crippen molar-refractivity contribution >= 4 is 17.8 Å². The second-order valence-corrected chi connectivity index (χ2v) is 7.97. The Hall–Kier alpha value is -4.97. The van der Waals surface area contributed by atoms with Gasteiger partial charge in [0.2, 0.25) is 0 Å². The van der Waals surface area contributed by atoms with Crippen molar-refractivity contribution in [3.05, 3.63) is 126 Å². The van der Waals surface area contributed by atoms with E-state index < -0.39 is 0 Å². The molecule has 6 heteroatoms. The molecule has 0 unspecified atom stereocenters. The van der Waals surface area contributed by atoms with Gasteiger partial charge in [0.25, 0.3) is 5.91 Å². The van der Waals surface area contributed by atoms with Crippen molar-refractivity contribution in [2.75, 3.05) is 5.73 Å². The zero-order valence-corrected chi connectivity index (χ0v) is 18.9. The minimum Gasteiger partial charge on any atom is -0.399 e. The Balaban J connectivity index is 1.39. The standard InChI is InChI=1S/C29H23N5O/c30-25-13-7-12-24(18-25)29(35)32-31-20-21-14-16-26(17-15-21)34-28(23-10-5-2-6-11-23)19-27(33-34)22-8-3-1-4-9-22/h1-20H,30H2,(H,32,35)/b31-20-. The van der Waals surface area contributed by atoms with Crippen LogP contribution in [0.15, 0.2) is 120 Å². The summed E-state index contributed by atoms with van der Waals surface area (Å²) in [5, 5.41) is 8.97. The largest absolute Gasteiger partial charge is 0.399 e. The zero-order chi connectivity index (χ0) is 24.0. The Morgan fingerprint density at radius 1 is 0.800 bits per heavy atom. The zero-order valence-electron chi connectivity index (χ0n) is 18.9. The third-order valence-electron chi connectivity index (χ3n) is 5.51. The molecule has 0 radical (unpaired) electrons.